The van der Waals surface area contributed by atoms with Crippen molar-refractivity contribution in [3.05, 3.63) is 35.4 Å². The third-order valence-corrected chi connectivity index (χ3v) is 2.71. The Bertz CT molecular complexity index is 374. The molecule has 17 heavy (non-hydrogen) atoms. The largest absolute Gasteiger partial charge is 0.299 e. The zero-order chi connectivity index (χ0) is 12.7. The molecule has 1 rings (SSSR count). The van der Waals surface area contributed by atoms with Crippen molar-refractivity contribution >= 4 is 5.78 Å². The van der Waals surface area contributed by atoms with Gasteiger partial charge in [-0.25, -0.2) is 8.78 Å². The number of hydrogen-bond donors (Lipinski definition) is 0. The van der Waals surface area contributed by atoms with Gasteiger partial charge < -0.3 is 0 Å². The van der Waals surface area contributed by atoms with Crippen LogP contribution in [0.25, 0.3) is 0 Å². The van der Waals surface area contributed by atoms with Crippen LogP contribution < -0.4 is 0 Å². The number of Topliss-reactive ketones (excluding diaryl/α,β-unsaturated/α-hetero) is 1. The van der Waals surface area contributed by atoms with E-state index in [2.05, 4.69) is 6.92 Å². The van der Waals surface area contributed by atoms with Crippen molar-refractivity contribution < 1.29 is 13.6 Å². The van der Waals surface area contributed by atoms with Gasteiger partial charge >= 0.3 is 0 Å². The van der Waals surface area contributed by atoms with Gasteiger partial charge in [-0.1, -0.05) is 32.3 Å². The Morgan fingerprint density at radius 3 is 2.59 bits per heavy atom. The van der Waals surface area contributed by atoms with Crippen LogP contribution in [0.5, 0.6) is 0 Å². The number of hydrogen-bond acceptors (Lipinski definition) is 1. The molecule has 0 heterocycles. The second-order valence-corrected chi connectivity index (χ2v) is 4.26. The summed E-state index contributed by atoms with van der Waals surface area (Å²) in [4.78, 5) is 11.6. The third-order valence-electron chi connectivity index (χ3n) is 2.71. The molecule has 1 nitrogen and oxygen atoms in total. The summed E-state index contributed by atoms with van der Waals surface area (Å²) in [6.07, 6.45) is 4.69. The zero-order valence-corrected chi connectivity index (χ0v) is 10.1. The van der Waals surface area contributed by atoms with Crippen molar-refractivity contribution in [2.45, 2.75) is 45.4 Å². The van der Waals surface area contributed by atoms with Gasteiger partial charge in [0, 0.05) is 18.9 Å². The van der Waals surface area contributed by atoms with Crippen LogP contribution in [0.4, 0.5) is 8.78 Å². The summed E-state index contributed by atoms with van der Waals surface area (Å²) in [5.41, 5.74) is 0.284. The summed E-state index contributed by atoms with van der Waals surface area (Å²) < 4.78 is 25.9. The molecule has 0 spiro atoms. The van der Waals surface area contributed by atoms with Gasteiger partial charge in [0.1, 0.15) is 17.4 Å². The molecule has 0 aliphatic rings. The lowest BCUT2D eigenvalue weighted by atomic mass is 10.0. The zero-order valence-electron chi connectivity index (χ0n) is 10.1. The van der Waals surface area contributed by atoms with Crippen LogP contribution in [0, 0.1) is 11.6 Å². The SMILES string of the molecule is CCCCCCC(=O)Cc1ccc(F)cc1F. The van der Waals surface area contributed by atoms with Crippen LogP contribution in [-0.4, -0.2) is 5.78 Å². The molecule has 3 heteroatoms. The predicted octanol–water partition coefficient (Wildman–Crippen LogP) is 4.05. The Balaban J connectivity index is 2.40. The summed E-state index contributed by atoms with van der Waals surface area (Å²) in [6, 6.07) is 3.34. The quantitative estimate of drug-likeness (QED) is 0.657. The van der Waals surface area contributed by atoms with E-state index in [0.717, 1.165) is 31.7 Å². The molecule has 0 aliphatic carbocycles. The van der Waals surface area contributed by atoms with Crippen molar-refractivity contribution in [2.75, 3.05) is 0 Å². The Kier molecular flexibility index (Phi) is 5.81. The monoisotopic (exact) mass is 240 g/mol. The molecule has 0 atom stereocenters. The lowest BCUT2D eigenvalue weighted by Crippen LogP contribution is -2.04. The van der Waals surface area contributed by atoms with Gasteiger partial charge in [0.05, 0.1) is 0 Å². The standard InChI is InChI=1S/C14H18F2O/c1-2-3-4-5-6-13(17)9-11-7-8-12(15)10-14(11)16/h7-8,10H,2-6,9H2,1H3. The molecule has 0 saturated heterocycles. The molecule has 94 valence electrons. The summed E-state index contributed by atoms with van der Waals surface area (Å²) in [6.45, 7) is 2.11. The van der Waals surface area contributed by atoms with Gasteiger partial charge in [-0.3, -0.25) is 4.79 Å². The van der Waals surface area contributed by atoms with E-state index >= 15 is 0 Å². The highest BCUT2D eigenvalue weighted by Crippen LogP contribution is 2.12. The number of carbonyl (C=O) groups is 1. The third kappa shape index (κ3) is 5.07. The fraction of sp³-hybridized carbons (Fsp3) is 0.500. The average Bonchev–Trinajstić information content (AvgIpc) is 2.28. The highest BCUT2D eigenvalue weighted by Gasteiger charge is 2.08. The van der Waals surface area contributed by atoms with E-state index in [0.29, 0.717) is 6.42 Å². The predicted molar refractivity (Wildman–Crippen MR) is 63.8 cm³/mol. The molecule has 0 amide bonds. The van der Waals surface area contributed by atoms with E-state index in [1.165, 1.54) is 12.1 Å². The van der Waals surface area contributed by atoms with Crippen molar-refractivity contribution in [1.82, 2.24) is 0 Å². The topological polar surface area (TPSA) is 17.1 Å². The van der Waals surface area contributed by atoms with Crippen LogP contribution in [0.2, 0.25) is 0 Å². The molecular formula is C14H18F2O. The van der Waals surface area contributed by atoms with Gasteiger partial charge in [-0.2, -0.15) is 0 Å². The Hall–Kier alpha value is -1.25. The number of rotatable bonds is 7. The average molecular weight is 240 g/mol. The minimum Gasteiger partial charge on any atom is -0.299 e. The minimum absolute atomic E-state index is 0.0200. The molecule has 1 aromatic carbocycles. The van der Waals surface area contributed by atoms with Crippen molar-refractivity contribution in [2.24, 2.45) is 0 Å². The summed E-state index contributed by atoms with van der Waals surface area (Å²) in [5, 5.41) is 0. The minimum atomic E-state index is -0.632. The lowest BCUT2D eigenvalue weighted by Gasteiger charge is -2.03. The van der Waals surface area contributed by atoms with Gasteiger partial charge in [0.15, 0.2) is 0 Å². The van der Waals surface area contributed by atoms with Crippen LogP contribution >= 0.6 is 0 Å². The number of benzene rings is 1. The number of carbonyl (C=O) groups excluding carboxylic acids is 1. The molecule has 0 unspecified atom stereocenters. The van der Waals surface area contributed by atoms with E-state index in [1.807, 2.05) is 0 Å². The van der Waals surface area contributed by atoms with Crippen LogP contribution in [-0.2, 0) is 11.2 Å². The van der Waals surface area contributed by atoms with E-state index in [9.17, 15) is 13.6 Å². The molecule has 0 N–H and O–H groups in total. The molecule has 0 aromatic heterocycles. The van der Waals surface area contributed by atoms with Crippen molar-refractivity contribution in [3.63, 3.8) is 0 Å². The van der Waals surface area contributed by atoms with E-state index in [4.69, 9.17) is 0 Å². The van der Waals surface area contributed by atoms with Gasteiger partial charge in [-0.15, -0.1) is 0 Å². The Labute approximate surface area is 101 Å². The van der Waals surface area contributed by atoms with Crippen molar-refractivity contribution in [1.29, 1.82) is 0 Å². The Morgan fingerprint density at radius 1 is 1.18 bits per heavy atom. The van der Waals surface area contributed by atoms with Gasteiger partial charge in [0.25, 0.3) is 0 Å². The number of ketones is 1. The lowest BCUT2D eigenvalue weighted by molar-refractivity contribution is -0.118. The number of halogens is 2. The van der Waals surface area contributed by atoms with E-state index < -0.39 is 11.6 Å². The first-order valence-electron chi connectivity index (χ1n) is 6.09. The first-order chi connectivity index (χ1) is 8.13. The summed E-state index contributed by atoms with van der Waals surface area (Å²) in [7, 11) is 0. The van der Waals surface area contributed by atoms with Crippen LogP contribution in [0.1, 0.15) is 44.6 Å². The van der Waals surface area contributed by atoms with Crippen LogP contribution in [0.15, 0.2) is 18.2 Å². The highest BCUT2D eigenvalue weighted by atomic mass is 19.1. The summed E-state index contributed by atoms with van der Waals surface area (Å²) >= 11 is 0. The van der Waals surface area contributed by atoms with Gasteiger partial charge in [-0.05, 0) is 18.1 Å². The molecule has 0 radical (unpaired) electrons. The normalized spacial score (nSPS) is 10.5. The first kappa shape index (κ1) is 13.8. The second kappa shape index (κ2) is 7.15. The fourth-order valence-corrected chi connectivity index (χ4v) is 1.71. The van der Waals surface area contributed by atoms with Crippen LogP contribution in [0.3, 0.4) is 0 Å². The fourth-order valence-electron chi connectivity index (χ4n) is 1.71. The molecule has 1 aromatic rings. The van der Waals surface area contributed by atoms with E-state index in [1.54, 1.807) is 0 Å². The molecule has 0 aliphatic heterocycles. The van der Waals surface area contributed by atoms with Crippen molar-refractivity contribution in [3.8, 4) is 0 Å². The summed E-state index contributed by atoms with van der Waals surface area (Å²) in [5.74, 6) is -1.22. The number of unbranched alkanes of at least 4 members (excludes halogenated alkanes) is 3. The second-order valence-electron chi connectivity index (χ2n) is 4.26. The molecule has 0 saturated carbocycles. The maximum atomic E-state index is 13.3. The molecule has 0 fully saturated rings. The maximum absolute atomic E-state index is 13.3. The smallest absolute Gasteiger partial charge is 0.137 e. The first-order valence-corrected chi connectivity index (χ1v) is 6.09. The van der Waals surface area contributed by atoms with E-state index in [-0.39, 0.29) is 17.8 Å². The molecule has 0 bridgehead atoms. The Morgan fingerprint density at radius 2 is 1.94 bits per heavy atom. The van der Waals surface area contributed by atoms with Gasteiger partial charge in [0.2, 0.25) is 0 Å². The highest BCUT2D eigenvalue weighted by molar-refractivity contribution is 5.80. The molecular weight excluding hydrogens is 222 g/mol. The maximum Gasteiger partial charge on any atom is 0.137 e.